The molecule has 114 valence electrons. The first-order valence-electron chi connectivity index (χ1n) is 6.93. The van der Waals surface area contributed by atoms with E-state index in [1.54, 1.807) is 24.3 Å². The van der Waals surface area contributed by atoms with Crippen molar-refractivity contribution in [2.45, 2.75) is 19.4 Å². The Morgan fingerprint density at radius 3 is 2.48 bits per heavy atom. The molecule has 1 heterocycles. The third kappa shape index (κ3) is 3.52. The molecule has 0 saturated carbocycles. The van der Waals surface area contributed by atoms with E-state index < -0.39 is 17.9 Å². The molecule has 4 N–H and O–H groups in total. The van der Waals surface area contributed by atoms with Crippen molar-refractivity contribution in [1.82, 2.24) is 4.90 Å². The second-order valence-electron chi connectivity index (χ2n) is 5.64. The number of aliphatic carboxylic acids is 1. The number of hydrogen-bond donors (Lipinski definition) is 3. The number of hydrogen-bond acceptors (Lipinski definition) is 4. The van der Waals surface area contributed by atoms with Gasteiger partial charge in [-0.05, 0) is 30.0 Å². The first-order valence-corrected chi connectivity index (χ1v) is 6.93. The summed E-state index contributed by atoms with van der Waals surface area (Å²) in [6.07, 6.45) is 0.363. The van der Waals surface area contributed by atoms with Gasteiger partial charge in [0.05, 0.1) is 12.0 Å². The van der Waals surface area contributed by atoms with Crippen molar-refractivity contribution in [3.05, 3.63) is 29.8 Å². The third-order valence-corrected chi connectivity index (χ3v) is 3.95. The van der Waals surface area contributed by atoms with E-state index in [9.17, 15) is 14.7 Å². The minimum atomic E-state index is -0.870. The summed E-state index contributed by atoms with van der Waals surface area (Å²) < 4.78 is 0. The lowest BCUT2D eigenvalue weighted by Gasteiger charge is -2.20. The van der Waals surface area contributed by atoms with Gasteiger partial charge in [-0.3, -0.25) is 9.59 Å². The fraction of sp³-hybridized carbons (Fsp3) is 0.467. The van der Waals surface area contributed by atoms with Crippen molar-refractivity contribution >= 4 is 11.9 Å². The highest BCUT2D eigenvalue weighted by molar-refractivity contribution is 5.83. The summed E-state index contributed by atoms with van der Waals surface area (Å²) in [5.74, 6) is -1.51. The van der Waals surface area contributed by atoms with E-state index in [4.69, 9.17) is 10.8 Å². The Labute approximate surface area is 123 Å². The van der Waals surface area contributed by atoms with Gasteiger partial charge in [0.1, 0.15) is 5.75 Å². The van der Waals surface area contributed by atoms with Gasteiger partial charge in [-0.2, -0.15) is 0 Å². The summed E-state index contributed by atoms with van der Waals surface area (Å²) >= 11 is 0. The number of phenols is 1. The molecule has 1 aromatic carbocycles. The molecule has 6 heteroatoms. The Bertz CT molecular complexity index is 529. The maximum absolute atomic E-state index is 12.3. The van der Waals surface area contributed by atoms with Crippen molar-refractivity contribution < 1.29 is 19.8 Å². The Morgan fingerprint density at radius 1 is 1.33 bits per heavy atom. The predicted octanol–water partition coefficient (Wildman–Crippen LogP) is 0.441. The van der Waals surface area contributed by atoms with Gasteiger partial charge in [-0.15, -0.1) is 0 Å². The van der Waals surface area contributed by atoms with E-state index in [1.165, 1.54) is 4.90 Å². The number of rotatable bonds is 4. The van der Waals surface area contributed by atoms with Crippen LogP contribution in [0.4, 0.5) is 0 Å². The standard InChI is InChI=1S/C15H20N2O4/c1-9-7-17(8-12(9)15(20)21)14(19)13(16)6-10-2-4-11(18)5-3-10/h2-5,9,12-13,18H,6-8,16H2,1H3,(H,20,21). The topological polar surface area (TPSA) is 104 Å². The summed E-state index contributed by atoms with van der Waals surface area (Å²) in [7, 11) is 0. The number of nitrogens with zero attached hydrogens (tertiary/aromatic N) is 1. The Kier molecular flexibility index (Phi) is 4.47. The van der Waals surface area contributed by atoms with Crippen LogP contribution in [0.5, 0.6) is 5.75 Å². The predicted molar refractivity (Wildman–Crippen MR) is 76.7 cm³/mol. The van der Waals surface area contributed by atoms with Crippen LogP contribution in [0.15, 0.2) is 24.3 Å². The van der Waals surface area contributed by atoms with E-state index >= 15 is 0 Å². The molecule has 3 atom stereocenters. The highest BCUT2D eigenvalue weighted by atomic mass is 16.4. The maximum atomic E-state index is 12.3. The highest BCUT2D eigenvalue weighted by Crippen LogP contribution is 2.24. The molecule has 21 heavy (non-hydrogen) atoms. The van der Waals surface area contributed by atoms with Crippen LogP contribution in [0, 0.1) is 11.8 Å². The number of phenolic OH excluding ortho intramolecular Hbond substituents is 1. The van der Waals surface area contributed by atoms with Crippen LogP contribution in [0.2, 0.25) is 0 Å². The van der Waals surface area contributed by atoms with Crippen molar-refractivity contribution in [3.8, 4) is 5.75 Å². The van der Waals surface area contributed by atoms with Crippen LogP contribution in [0.1, 0.15) is 12.5 Å². The zero-order valence-electron chi connectivity index (χ0n) is 11.9. The number of carboxylic acids is 1. The summed E-state index contributed by atoms with van der Waals surface area (Å²) in [4.78, 5) is 24.9. The van der Waals surface area contributed by atoms with Crippen molar-refractivity contribution in [2.24, 2.45) is 17.6 Å². The molecule has 1 amide bonds. The summed E-state index contributed by atoms with van der Waals surface area (Å²) in [5.41, 5.74) is 6.79. The van der Waals surface area contributed by atoms with Gasteiger partial charge in [0.25, 0.3) is 0 Å². The molecular formula is C15H20N2O4. The number of aromatic hydroxyl groups is 1. The minimum Gasteiger partial charge on any atom is -0.508 e. The number of carbonyl (C=O) groups excluding carboxylic acids is 1. The van der Waals surface area contributed by atoms with Crippen LogP contribution in [-0.2, 0) is 16.0 Å². The molecule has 0 aromatic heterocycles. The number of carboxylic acid groups (broad SMARTS) is 1. The number of nitrogens with two attached hydrogens (primary N) is 1. The number of carbonyl (C=O) groups is 2. The van der Waals surface area contributed by atoms with Gasteiger partial charge >= 0.3 is 5.97 Å². The molecule has 1 aromatic rings. The molecule has 6 nitrogen and oxygen atoms in total. The fourth-order valence-corrected chi connectivity index (χ4v) is 2.68. The molecule has 1 fully saturated rings. The second kappa shape index (κ2) is 6.13. The van der Waals surface area contributed by atoms with E-state index in [2.05, 4.69) is 0 Å². The first kappa shape index (κ1) is 15.3. The SMILES string of the molecule is CC1CN(C(=O)C(N)Cc2ccc(O)cc2)CC1C(=O)O. The zero-order valence-corrected chi connectivity index (χ0v) is 11.9. The van der Waals surface area contributed by atoms with Crippen LogP contribution in [0.3, 0.4) is 0 Å². The van der Waals surface area contributed by atoms with E-state index in [-0.39, 0.29) is 24.1 Å². The van der Waals surface area contributed by atoms with Crippen LogP contribution < -0.4 is 5.73 Å². The molecule has 0 aliphatic carbocycles. The van der Waals surface area contributed by atoms with E-state index in [0.717, 1.165) is 5.56 Å². The smallest absolute Gasteiger partial charge is 0.308 e. The fourth-order valence-electron chi connectivity index (χ4n) is 2.68. The van der Waals surface area contributed by atoms with Gasteiger partial charge in [-0.25, -0.2) is 0 Å². The molecule has 0 radical (unpaired) electrons. The maximum Gasteiger partial charge on any atom is 0.308 e. The van der Waals surface area contributed by atoms with Gasteiger partial charge in [0.15, 0.2) is 0 Å². The largest absolute Gasteiger partial charge is 0.508 e. The molecule has 1 saturated heterocycles. The van der Waals surface area contributed by atoms with E-state index in [0.29, 0.717) is 13.0 Å². The zero-order chi connectivity index (χ0) is 15.6. The average molecular weight is 292 g/mol. The Balaban J connectivity index is 1.97. The van der Waals surface area contributed by atoms with Crippen LogP contribution >= 0.6 is 0 Å². The lowest BCUT2D eigenvalue weighted by atomic mass is 9.99. The van der Waals surface area contributed by atoms with Gasteiger partial charge in [0.2, 0.25) is 5.91 Å². The molecule has 1 aliphatic rings. The summed E-state index contributed by atoms with van der Waals surface area (Å²) in [5, 5.41) is 18.3. The van der Waals surface area contributed by atoms with Crippen molar-refractivity contribution in [2.75, 3.05) is 13.1 Å². The van der Waals surface area contributed by atoms with Crippen molar-refractivity contribution in [3.63, 3.8) is 0 Å². The number of amides is 1. The van der Waals surface area contributed by atoms with Crippen LogP contribution in [0.25, 0.3) is 0 Å². The summed E-state index contributed by atoms with van der Waals surface area (Å²) in [6, 6.07) is 5.83. The molecule has 0 bridgehead atoms. The quantitative estimate of drug-likeness (QED) is 0.747. The Morgan fingerprint density at radius 2 is 1.95 bits per heavy atom. The normalized spacial score (nSPS) is 23.0. The molecular weight excluding hydrogens is 272 g/mol. The van der Waals surface area contributed by atoms with E-state index in [1.807, 2.05) is 6.92 Å². The lowest BCUT2D eigenvalue weighted by molar-refractivity contribution is -0.142. The third-order valence-electron chi connectivity index (χ3n) is 3.95. The summed E-state index contributed by atoms with van der Waals surface area (Å²) in [6.45, 7) is 2.48. The lowest BCUT2D eigenvalue weighted by Crippen LogP contribution is -2.44. The number of benzene rings is 1. The minimum absolute atomic E-state index is 0.0627. The van der Waals surface area contributed by atoms with Gasteiger partial charge in [0, 0.05) is 13.1 Å². The number of likely N-dealkylation sites (tertiary alicyclic amines) is 1. The monoisotopic (exact) mass is 292 g/mol. The highest BCUT2D eigenvalue weighted by Gasteiger charge is 2.38. The molecule has 1 aliphatic heterocycles. The molecule has 0 spiro atoms. The Hall–Kier alpha value is -2.08. The molecule has 2 rings (SSSR count). The molecule has 3 unspecified atom stereocenters. The van der Waals surface area contributed by atoms with Crippen molar-refractivity contribution in [1.29, 1.82) is 0 Å². The average Bonchev–Trinajstić information content (AvgIpc) is 2.82. The van der Waals surface area contributed by atoms with Gasteiger partial charge in [-0.1, -0.05) is 19.1 Å². The first-order chi connectivity index (χ1) is 9.88. The van der Waals surface area contributed by atoms with Crippen LogP contribution in [-0.4, -0.2) is 46.1 Å². The van der Waals surface area contributed by atoms with Gasteiger partial charge < -0.3 is 20.8 Å². The second-order valence-corrected chi connectivity index (χ2v) is 5.64.